The summed E-state index contributed by atoms with van der Waals surface area (Å²) in [6, 6.07) is 7.88. The van der Waals surface area contributed by atoms with Gasteiger partial charge in [-0.3, -0.25) is 0 Å². The van der Waals surface area contributed by atoms with Gasteiger partial charge in [0.25, 0.3) is 0 Å². The number of aliphatic hydroxyl groups excluding tert-OH is 1. The zero-order valence-electron chi connectivity index (χ0n) is 13.0. The van der Waals surface area contributed by atoms with Gasteiger partial charge >= 0.3 is 0 Å². The lowest BCUT2D eigenvalue weighted by Crippen LogP contribution is -2.19. The molecule has 0 aliphatic heterocycles. The molecule has 0 heterocycles. The minimum atomic E-state index is -0.380. The molecular formula is C18H26O2. The minimum absolute atomic E-state index is 0.178. The fourth-order valence-electron chi connectivity index (χ4n) is 3.12. The van der Waals surface area contributed by atoms with E-state index in [0.29, 0.717) is 11.8 Å². The van der Waals surface area contributed by atoms with E-state index < -0.39 is 0 Å². The molecule has 3 unspecified atom stereocenters. The number of rotatable bonds is 4. The first-order chi connectivity index (χ1) is 9.45. The largest absolute Gasteiger partial charge is 0.491 e. The summed E-state index contributed by atoms with van der Waals surface area (Å²) >= 11 is 0. The third-order valence-corrected chi connectivity index (χ3v) is 3.87. The van der Waals surface area contributed by atoms with Crippen LogP contribution in [0.15, 0.2) is 35.9 Å². The number of hydrogen-bond acceptors (Lipinski definition) is 2. The average Bonchev–Trinajstić information content (AvgIpc) is 2.37. The highest BCUT2D eigenvalue weighted by Gasteiger charge is 2.25. The predicted octanol–water partition coefficient (Wildman–Crippen LogP) is 4.50. The fourth-order valence-corrected chi connectivity index (χ4v) is 3.12. The number of benzene rings is 1. The van der Waals surface area contributed by atoms with Crippen molar-refractivity contribution in [3.63, 3.8) is 0 Å². The number of allylic oxidation sites excluding steroid dienone is 2. The lowest BCUT2D eigenvalue weighted by molar-refractivity contribution is 0.0931. The van der Waals surface area contributed by atoms with E-state index in [4.69, 9.17) is 4.74 Å². The van der Waals surface area contributed by atoms with E-state index in [2.05, 4.69) is 19.9 Å². The summed E-state index contributed by atoms with van der Waals surface area (Å²) in [5.74, 6) is 1.75. The van der Waals surface area contributed by atoms with Crippen LogP contribution in [-0.2, 0) is 0 Å². The van der Waals surface area contributed by atoms with Crippen molar-refractivity contribution in [3.8, 4) is 5.75 Å². The second-order valence-corrected chi connectivity index (χ2v) is 6.37. The summed E-state index contributed by atoms with van der Waals surface area (Å²) in [5.41, 5.74) is 2.39. The zero-order chi connectivity index (χ0) is 14.7. The molecule has 1 N–H and O–H groups in total. The smallest absolute Gasteiger partial charge is 0.119 e. The van der Waals surface area contributed by atoms with Gasteiger partial charge in [0.2, 0.25) is 0 Å². The number of ether oxygens (including phenoxy) is 1. The lowest BCUT2D eigenvalue weighted by Gasteiger charge is -2.29. The third kappa shape index (κ3) is 3.86. The molecule has 3 atom stereocenters. The van der Waals surface area contributed by atoms with Crippen LogP contribution in [0, 0.1) is 11.8 Å². The third-order valence-electron chi connectivity index (χ3n) is 3.87. The van der Waals surface area contributed by atoms with Gasteiger partial charge in [-0.2, -0.15) is 0 Å². The van der Waals surface area contributed by atoms with Gasteiger partial charge in [0.05, 0.1) is 12.2 Å². The molecule has 0 saturated heterocycles. The molecule has 0 spiro atoms. The number of aliphatic hydroxyl groups is 1. The summed E-state index contributed by atoms with van der Waals surface area (Å²) in [7, 11) is 0. The molecule has 110 valence electrons. The van der Waals surface area contributed by atoms with E-state index in [-0.39, 0.29) is 12.2 Å². The monoisotopic (exact) mass is 274 g/mol. The molecule has 2 rings (SSSR count). The second kappa shape index (κ2) is 6.45. The van der Waals surface area contributed by atoms with Crippen molar-refractivity contribution < 1.29 is 9.84 Å². The Balaban J connectivity index is 2.05. The molecule has 0 fully saturated rings. The molecule has 1 aromatic rings. The zero-order valence-corrected chi connectivity index (χ0v) is 13.0. The van der Waals surface area contributed by atoms with Gasteiger partial charge < -0.3 is 9.84 Å². The van der Waals surface area contributed by atoms with Crippen LogP contribution < -0.4 is 4.74 Å². The van der Waals surface area contributed by atoms with Crippen LogP contribution in [0.2, 0.25) is 0 Å². The van der Waals surface area contributed by atoms with Crippen LogP contribution in [-0.4, -0.2) is 11.2 Å². The Morgan fingerprint density at radius 3 is 2.40 bits per heavy atom. The Kier molecular flexibility index (Phi) is 4.87. The second-order valence-electron chi connectivity index (χ2n) is 6.37. The Hall–Kier alpha value is -1.28. The molecular weight excluding hydrogens is 248 g/mol. The maximum Gasteiger partial charge on any atom is 0.119 e. The normalized spacial score (nSPS) is 24.4. The Morgan fingerprint density at radius 1 is 1.20 bits per heavy atom. The van der Waals surface area contributed by atoms with Gasteiger partial charge in [-0.25, -0.2) is 0 Å². The Bertz CT molecular complexity index is 459. The van der Waals surface area contributed by atoms with Crippen LogP contribution in [0.5, 0.6) is 5.75 Å². The minimum Gasteiger partial charge on any atom is -0.491 e. The predicted molar refractivity (Wildman–Crippen MR) is 82.8 cm³/mol. The Morgan fingerprint density at radius 2 is 1.85 bits per heavy atom. The van der Waals surface area contributed by atoms with Gasteiger partial charge in [0.15, 0.2) is 0 Å². The molecule has 0 radical (unpaired) electrons. The summed E-state index contributed by atoms with van der Waals surface area (Å²) in [6.45, 7) is 8.42. The van der Waals surface area contributed by atoms with Gasteiger partial charge in [-0.05, 0) is 63.1 Å². The van der Waals surface area contributed by atoms with Crippen LogP contribution in [0.4, 0.5) is 0 Å². The van der Waals surface area contributed by atoms with Crippen LogP contribution in [0.25, 0.3) is 0 Å². The van der Waals surface area contributed by atoms with Crippen molar-refractivity contribution in [1.29, 1.82) is 0 Å². The summed E-state index contributed by atoms with van der Waals surface area (Å²) < 4.78 is 5.64. The first-order valence-electron chi connectivity index (χ1n) is 7.57. The summed E-state index contributed by atoms with van der Waals surface area (Å²) in [4.78, 5) is 0. The molecule has 0 saturated carbocycles. The highest BCUT2D eigenvalue weighted by molar-refractivity contribution is 5.29. The number of hydrogen-bond donors (Lipinski definition) is 1. The maximum absolute atomic E-state index is 10.6. The summed E-state index contributed by atoms with van der Waals surface area (Å²) in [6.07, 6.45) is 4.17. The lowest BCUT2D eigenvalue weighted by atomic mass is 9.79. The summed E-state index contributed by atoms with van der Waals surface area (Å²) in [5, 5.41) is 10.6. The molecule has 0 bridgehead atoms. The standard InChI is InChI=1S/C18H26O2/c1-12(2)20-17-7-5-15(6-8-17)18(19)16-10-13(3)9-14(4)11-16/h5-9,12-13,16,18-19H,10-11H2,1-4H3. The van der Waals surface area contributed by atoms with E-state index in [9.17, 15) is 5.11 Å². The molecule has 0 amide bonds. The van der Waals surface area contributed by atoms with Crippen molar-refractivity contribution in [2.45, 2.75) is 52.7 Å². The molecule has 1 aromatic carbocycles. The maximum atomic E-state index is 10.6. The van der Waals surface area contributed by atoms with Crippen LogP contribution in [0.3, 0.4) is 0 Å². The van der Waals surface area contributed by atoms with E-state index in [1.54, 1.807) is 0 Å². The Labute approximate surface area is 122 Å². The van der Waals surface area contributed by atoms with Crippen LogP contribution in [0.1, 0.15) is 52.2 Å². The quantitative estimate of drug-likeness (QED) is 0.819. The molecule has 1 aliphatic carbocycles. The van der Waals surface area contributed by atoms with Crippen molar-refractivity contribution in [1.82, 2.24) is 0 Å². The first-order valence-corrected chi connectivity index (χ1v) is 7.57. The van der Waals surface area contributed by atoms with Gasteiger partial charge in [0.1, 0.15) is 5.75 Å². The molecule has 0 aromatic heterocycles. The van der Waals surface area contributed by atoms with Crippen molar-refractivity contribution >= 4 is 0 Å². The SMILES string of the molecule is CC1=CC(C)CC(C(O)c2ccc(OC(C)C)cc2)C1. The molecule has 1 aliphatic rings. The average molecular weight is 274 g/mol. The highest BCUT2D eigenvalue weighted by Crippen LogP contribution is 2.36. The fraction of sp³-hybridized carbons (Fsp3) is 0.556. The topological polar surface area (TPSA) is 29.5 Å². The van der Waals surface area contributed by atoms with E-state index >= 15 is 0 Å². The molecule has 2 heteroatoms. The first kappa shape index (κ1) is 15.1. The van der Waals surface area contributed by atoms with E-state index in [1.165, 1.54) is 5.57 Å². The molecule has 2 nitrogen and oxygen atoms in total. The van der Waals surface area contributed by atoms with E-state index in [1.807, 2.05) is 38.1 Å². The van der Waals surface area contributed by atoms with E-state index in [0.717, 1.165) is 24.2 Å². The molecule has 20 heavy (non-hydrogen) atoms. The van der Waals surface area contributed by atoms with Crippen molar-refractivity contribution in [3.05, 3.63) is 41.5 Å². The van der Waals surface area contributed by atoms with Gasteiger partial charge in [-0.15, -0.1) is 0 Å². The van der Waals surface area contributed by atoms with Gasteiger partial charge in [-0.1, -0.05) is 30.7 Å². The van der Waals surface area contributed by atoms with Crippen molar-refractivity contribution in [2.24, 2.45) is 11.8 Å². The highest BCUT2D eigenvalue weighted by atomic mass is 16.5. The van der Waals surface area contributed by atoms with Gasteiger partial charge in [0, 0.05) is 0 Å². The van der Waals surface area contributed by atoms with Crippen LogP contribution >= 0.6 is 0 Å². The van der Waals surface area contributed by atoms with Crippen molar-refractivity contribution in [2.75, 3.05) is 0 Å².